The Morgan fingerprint density at radius 2 is 1.85 bits per heavy atom. The molecule has 0 bridgehead atoms. The average molecular weight is 458 g/mol. The van der Waals surface area contributed by atoms with Crippen molar-refractivity contribution >= 4 is 11.8 Å². The molecule has 1 aliphatic carbocycles. The highest BCUT2D eigenvalue weighted by molar-refractivity contribution is 6.00. The molecule has 0 spiro atoms. The molecule has 1 unspecified atom stereocenters. The second-order valence-electron chi connectivity index (χ2n) is 7.85. The van der Waals surface area contributed by atoms with Gasteiger partial charge in [0.25, 0.3) is 5.91 Å². The van der Waals surface area contributed by atoms with Gasteiger partial charge in [0.15, 0.2) is 0 Å². The van der Waals surface area contributed by atoms with E-state index in [0.29, 0.717) is 46.9 Å². The molecule has 1 fully saturated rings. The predicted molar refractivity (Wildman–Crippen MR) is 120 cm³/mol. The van der Waals surface area contributed by atoms with Crippen LogP contribution in [-0.4, -0.2) is 39.4 Å². The average Bonchev–Trinajstić information content (AvgIpc) is 3.66. The highest BCUT2D eigenvalue weighted by Gasteiger charge is 2.51. The zero-order chi connectivity index (χ0) is 24.1. The van der Waals surface area contributed by atoms with E-state index in [-0.39, 0.29) is 5.91 Å². The maximum absolute atomic E-state index is 12.9. The number of nitrogens with one attached hydrogen (secondary N) is 2. The van der Waals surface area contributed by atoms with Gasteiger partial charge >= 0.3 is 0 Å². The molecule has 2 aromatic heterocycles. The number of pyridine rings is 1. The topological polar surface area (TPSA) is 139 Å². The lowest BCUT2D eigenvalue weighted by molar-refractivity contribution is -0.124. The van der Waals surface area contributed by atoms with E-state index in [4.69, 9.17) is 9.47 Å². The van der Waals surface area contributed by atoms with Gasteiger partial charge in [-0.3, -0.25) is 14.6 Å². The fraction of sp³-hybridized carbons (Fsp3) is 0.250. The number of rotatable bonds is 8. The number of ether oxygens (including phenoxy) is 2. The minimum Gasteiger partial charge on any atom is -0.497 e. The lowest BCUT2D eigenvalue weighted by atomic mass is 10.1. The zero-order valence-corrected chi connectivity index (χ0v) is 18.6. The van der Waals surface area contributed by atoms with Crippen LogP contribution in [0, 0.1) is 11.3 Å². The van der Waals surface area contributed by atoms with Crippen LogP contribution >= 0.6 is 0 Å². The molecule has 0 saturated heterocycles. The summed E-state index contributed by atoms with van der Waals surface area (Å²) in [5.74, 6) is 0.720. The summed E-state index contributed by atoms with van der Waals surface area (Å²) in [6.07, 6.45) is 6.76. The van der Waals surface area contributed by atoms with E-state index in [9.17, 15) is 14.9 Å². The molecule has 0 aliphatic heterocycles. The van der Waals surface area contributed by atoms with E-state index >= 15 is 0 Å². The van der Waals surface area contributed by atoms with Crippen molar-refractivity contribution in [1.29, 1.82) is 5.26 Å². The van der Waals surface area contributed by atoms with Crippen molar-refractivity contribution in [2.24, 2.45) is 0 Å². The van der Waals surface area contributed by atoms with Crippen LogP contribution < -0.4 is 20.1 Å². The van der Waals surface area contributed by atoms with E-state index in [1.807, 2.05) is 0 Å². The summed E-state index contributed by atoms with van der Waals surface area (Å²) in [6, 6.07) is 10.1. The first kappa shape index (κ1) is 22.7. The molecule has 1 atom stereocenters. The number of hydrogen-bond acceptors (Lipinski definition) is 8. The van der Waals surface area contributed by atoms with Crippen LogP contribution in [0.2, 0.25) is 0 Å². The standard InChI is InChI=1S/C24H22N6O4/c1-15(29-23(32)24(7-8-24)30-22(31)17-11-26-14-27-12-17)20-5-3-19(13-28-20)34-21-6-4-18(33-2)9-16(21)10-25/h3-6,9,11-15H,7-8H2,1-2H3,(H,29,32)(H,30,31). The van der Waals surface area contributed by atoms with Crippen LogP contribution in [0.3, 0.4) is 0 Å². The molecule has 34 heavy (non-hydrogen) atoms. The number of hydrogen-bond donors (Lipinski definition) is 2. The Morgan fingerprint density at radius 3 is 2.47 bits per heavy atom. The SMILES string of the molecule is COc1ccc(Oc2ccc(C(C)NC(=O)C3(NC(=O)c4cncnc4)CC3)nc2)c(C#N)c1. The monoisotopic (exact) mass is 458 g/mol. The lowest BCUT2D eigenvalue weighted by Gasteiger charge is -2.20. The molecule has 1 aromatic carbocycles. The summed E-state index contributed by atoms with van der Waals surface area (Å²) >= 11 is 0. The Balaban J connectivity index is 1.37. The normalized spacial score (nSPS) is 14.3. The molecule has 2 heterocycles. The first-order valence-electron chi connectivity index (χ1n) is 10.5. The van der Waals surface area contributed by atoms with Gasteiger partial charge in [-0.15, -0.1) is 0 Å². The van der Waals surface area contributed by atoms with Gasteiger partial charge < -0.3 is 20.1 Å². The van der Waals surface area contributed by atoms with Gasteiger partial charge in [0, 0.05) is 18.5 Å². The molecule has 0 radical (unpaired) electrons. The van der Waals surface area contributed by atoms with Gasteiger partial charge in [0.2, 0.25) is 5.91 Å². The van der Waals surface area contributed by atoms with E-state index in [1.165, 1.54) is 32.0 Å². The van der Waals surface area contributed by atoms with Gasteiger partial charge in [0.05, 0.1) is 36.2 Å². The largest absolute Gasteiger partial charge is 0.497 e. The molecular weight excluding hydrogens is 436 g/mol. The number of amides is 2. The number of nitriles is 1. The van der Waals surface area contributed by atoms with Crippen LogP contribution in [0.25, 0.3) is 0 Å². The molecular formula is C24H22N6O4. The summed E-state index contributed by atoms with van der Waals surface area (Å²) in [5.41, 5.74) is 0.312. The molecule has 2 amide bonds. The number of carbonyl (C=O) groups excluding carboxylic acids is 2. The summed E-state index contributed by atoms with van der Waals surface area (Å²) < 4.78 is 10.9. The molecule has 172 valence electrons. The van der Waals surface area contributed by atoms with E-state index in [2.05, 4.69) is 31.7 Å². The van der Waals surface area contributed by atoms with Gasteiger partial charge in [-0.05, 0) is 44.0 Å². The Bertz CT molecular complexity index is 1240. The second kappa shape index (κ2) is 9.54. The van der Waals surface area contributed by atoms with E-state index in [0.717, 1.165) is 0 Å². The number of benzene rings is 1. The molecule has 2 N–H and O–H groups in total. The van der Waals surface area contributed by atoms with Gasteiger partial charge in [-0.25, -0.2) is 9.97 Å². The molecule has 10 nitrogen and oxygen atoms in total. The second-order valence-corrected chi connectivity index (χ2v) is 7.85. The summed E-state index contributed by atoms with van der Waals surface area (Å²) in [5, 5.41) is 15.0. The fourth-order valence-electron chi connectivity index (χ4n) is 3.30. The third-order valence-corrected chi connectivity index (χ3v) is 5.45. The van der Waals surface area contributed by atoms with E-state index < -0.39 is 17.5 Å². The number of methoxy groups -OCH3 is 1. The third-order valence-electron chi connectivity index (χ3n) is 5.45. The minimum absolute atomic E-state index is 0.274. The Hall–Kier alpha value is -4.52. The lowest BCUT2D eigenvalue weighted by Crippen LogP contribution is -2.49. The van der Waals surface area contributed by atoms with Crippen molar-refractivity contribution in [2.75, 3.05) is 7.11 Å². The summed E-state index contributed by atoms with van der Waals surface area (Å²) in [6.45, 7) is 1.81. The zero-order valence-electron chi connectivity index (χ0n) is 18.6. The maximum Gasteiger partial charge on any atom is 0.255 e. The maximum atomic E-state index is 12.9. The molecule has 4 rings (SSSR count). The number of aromatic nitrogens is 3. The molecule has 1 aliphatic rings. The predicted octanol–water partition coefficient (Wildman–Crippen LogP) is 2.68. The fourth-order valence-corrected chi connectivity index (χ4v) is 3.30. The van der Waals surface area contributed by atoms with Crippen molar-refractivity contribution in [3.63, 3.8) is 0 Å². The Morgan fingerprint density at radius 1 is 1.12 bits per heavy atom. The van der Waals surface area contributed by atoms with Gasteiger partial charge in [-0.1, -0.05) is 0 Å². The first-order chi connectivity index (χ1) is 16.4. The highest BCUT2D eigenvalue weighted by Crippen LogP contribution is 2.36. The number of carbonyl (C=O) groups is 2. The van der Waals surface area contributed by atoms with Gasteiger partial charge in [0.1, 0.15) is 35.2 Å². The van der Waals surface area contributed by atoms with Crippen LogP contribution in [0.5, 0.6) is 17.2 Å². The van der Waals surface area contributed by atoms with Crippen LogP contribution in [0.15, 0.2) is 55.2 Å². The first-order valence-corrected chi connectivity index (χ1v) is 10.5. The molecule has 10 heteroatoms. The quantitative estimate of drug-likeness (QED) is 0.525. The highest BCUT2D eigenvalue weighted by atomic mass is 16.5. The molecule has 1 saturated carbocycles. The summed E-state index contributed by atoms with van der Waals surface area (Å²) in [7, 11) is 1.52. The Kier molecular flexibility index (Phi) is 6.36. The van der Waals surface area contributed by atoms with Crippen molar-refractivity contribution in [1.82, 2.24) is 25.6 Å². The van der Waals surface area contributed by atoms with Gasteiger partial charge in [-0.2, -0.15) is 5.26 Å². The van der Waals surface area contributed by atoms with Crippen LogP contribution in [0.4, 0.5) is 0 Å². The van der Waals surface area contributed by atoms with Crippen molar-refractivity contribution in [3.05, 3.63) is 72.1 Å². The van der Waals surface area contributed by atoms with Crippen molar-refractivity contribution < 1.29 is 19.1 Å². The summed E-state index contributed by atoms with van der Waals surface area (Å²) in [4.78, 5) is 37.3. The van der Waals surface area contributed by atoms with Crippen molar-refractivity contribution in [3.8, 4) is 23.3 Å². The van der Waals surface area contributed by atoms with Crippen molar-refractivity contribution in [2.45, 2.75) is 31.3 Å². The van der Waals surface area contributed by atoms with E-state index in [1.54, 1.807) is 37.3 Å². The van der Waals surface area contributed by atoms with Crippen LogP contribution in [0.1, 0.15) is 47.4 Å². The minimum atomic E-state index is -0.938. The van der Waals surface area contributed by atoms with Crippen LogP contribution in [-0.2, 0) is 4.79 Å². The smallest absolute Gasteiger partial charge is 0.255 e. The number of nitrogens with zero attached hydrogens (tertiary/aromatic N) is 4. The molecule has 3 aromatic rings. The third kappa shape index (κ3) is 4.94. The Labute approximate surface area is 196 Å².